The second-order valence-corrected chi connectivity index (χ2v) is 6.27. The summed E-state index contributed by atoms with van der Waals surface area (Å²) in [5, 5.41) is 6.45. The van der Waals surface area contributed by atoms with Gasteiger partial charge in [0.05, 0.1) is 5.56 Å². The van der Waals surface area contributed by atoms with E-state index < -0.39 is 0 Å². The van der Waals surface area contributed by atoms with Gasteiger partial charge < -0.3 is 10.6 Å². The topological polar surface area (TPSA) is 41.1 Å². The average molecular weight is 409 g/mol. The molecule has 1 atom stereocenters. The van der Waals surface area contributed by atoms with E-state index >= 15 is 0 Å². The first-order valence-corrected chi connectivity index (χ1v) is 8.00. The monoisotopic (exact) mass is 408 g/mol. The molecule has 1 aromatic carbocycles. The van der Waals surface area contributed by atoms with E-state index in [1.165, 1.54) is 12.8 Å². The van der Waals surface area contributed by atoms with Crippen molar-refractivity contribution in [1.82, 2.24) is 10.6 Å². The van der Waals surface area contributed by atoms with Crippen molar-refractivity contribution in [1.29, 1.82) is 0 Å². The number of rotatable bonds is 4. The first-order chi connectivity index (χ1) is 9.18. The van der Waals surface area contributed by atoms with Crippen LogP contribution in [0.15, 0.2) is 18.2 Å². The number of halogens is 2. The largest absolute Gasteiger partial charge is 0.352 e. The summed E-state index contributed by atoms with van der Waals surface area (Å²) in [5.74, 6) is 0.766. The first kappa shape index (κ1) is 17.7. The molecular formula is C15H22ClIN2O. The third-order valence-corrected chi connectivity index (χ3v) is 5.11. The summed E-state index contributed by atoms with van der Waals surface area (Å²) >= 11 is 2.24. The Kier molecular flexibility index (Phi) is 7.84. The van der Waals surface area contributed by atoms with Gasteiger partial charge in [0, 0.05) is 10.1 Å². The summed E-state index contributed by atoms with van der Waals surface area (Å²) in [7, 11) is 0. The maximum Gasteiger partial charge on any atom is 0.252 e. The van der Waals surface area contributed by atoms with Gasteiger partial charge in [-0.1, -0.05) is 12.1 Å². The van der Waals surface area contributed by atoms with Gasteiger partial charge in [0.25, 0.3) is 5.91 Å². The van der Waals surface area contributed by atoms with E-state index in [2.05, 4.69) is 33.2 Å². The van der Waals surface area contributed by atoms with Crippen molar-refractivity contribution in [2.45, 2.75) is 26.2 Å². The third kappa shape index (κ3) is 4.90. The number of carbonyl (C=O) groups is 1. The Hall–Kier alpha value is -0.330. The van der Waals surface area contributed by atoms with E-state index in [1.54, 1.807) is 0 Å². The van der Waals surface area contributed by atoms with Crippen LogP contribution in [-0.2, 0) is 0 Å². The molecule has 0 saturated carbocycles. The fourth-order valence-electron chi connectivity index (χ4n) is 2.48. The number of aryl methyl sites for hydroxylation is 1. The number of amides is 1. The fourth-order valence-corrected chi connectivity index (χ4v) is 3.08. The molecule has 0 spiro atoms. The average Bonchev–Trinajstić information content (AvgIpc) is 2.43. The standard InChI is InChI=1S/C15H21IN2O.ClH/c1-11-4-2-6-13(14(11)16)15(19)18-9-7-12-5-3-8-17-10-12;/h2,4,6,12,17H,3,5,7-10H2,1H3,(H,18,19);1H. The SMILES string of the molecule is Cc1cccc(C(=O)NCCC2CCCNC2)c1I.Cl. The number of nitrogens with one attached hydrogen (secondary N) is 2. The Balaban J connectivity index is 0.00000200. The minimum absolute atomic E-state index is 0. The molecule has 1 aliphatic rings. The van der Waals surface area contributed by atoms with Crippen LogP contribution >= 0.6 is 35.0 Å². The molecule has 20 heavy (non-hydrogen) atoms. The lowest BCUT2D eigenvalue weighted by molar-refractivity contribution is 0.0949. The highest BCUT2D eigenvalue weighted by atomic mass is 127. The third-order valence-electron chi connectivity index (χ3n) is 3.67. The van der Waals surface area contributed by atoms with Crippen LogP contribution in [0, 0.1) is 16.4 Å². The molecule has 1 aliphatic heterocycles. The molecule has 0 aliphatic carbocycles. The van der Waals surface area contributed by atoms with E-state index in [9.17, 15) is 4.79 Å². The maximum absolute atomic E-state index is 12.1. The molecule has 112 valence electrons. The molecule has 2 N–H and O–H groups in total. The van der Waals surface area contributed by atoms with E-state index in [4.69, 9.17) is 0 Å². The van der Waals surface area contributed by atoms with Gasteiger partial charge in [0.1, 0.15) is 0 Å². The smallest absolute Gasteiger partial charge is 0.252 e. The van der Waals surface area contributed by atoms with Crippen molar-refractivity contribution in [2.75, 3.05) is 19.6 Å². The summed E-state index contributed by atoms with van der Waals surface area (Å²) in [6.45, 7) is 5.05. The first-order valence-electron chi connectivity index (χ1n) is 6.92. The summed E-state index contributed by atoms with van der Waals surface area (Å²) in [4.78, 5) is 12.1. The molecule has 1 fully saturated rings. The predicted molar refractivity (Wildman–Crippen MR) is 93.7 cm³/mol. The van der Waals surface area contributed by atoms with Gasteiger partial charge >= 0.3 is 0 Å². The summed E-state index contributed by atoms with van der Waals surface area (Å²) < 4.78 is 1.05. The Morgan fingerprint density at radius 3 is 3.00 bits per heavy atom. The van der Waals surface area contributed by atoms with Gasteiger partial charge in [-0.15, -0.1) is 12.4 Å². The number of piperidine rings is 1. The van der Waals surface area contributed by atoms with E-state index in [-0.39, 0.29) is 18.3 Å². The summed E-state index contributed by atoms with van der Waals surface area (Å²) in [6.07, 6.45) is 3.61. The van der Waals surface area contributed by atoms with Crippen molar-refractivity contribution in [3.05, 3.63) is 32.9 Å². The number of hydrogen-bond donors (Lipinski definition) is 2. The number of benzene rings is 1. The van der Waals surface area contributed by atoms with Crippen LogP contribution in [0.2, 0.25) is 0 Å². The second kappa shape index (κ2) is 8.85. The molecule has 3 nitrogen and oxygen atoms in total. The fraction of sp³-hybridized carbons (Fsp3) is 0.533. The zero-order chi connectivity index (χ0) is 13.7. The highest BCUT2D eigenvalue weighted by molar-refractivity contribution is 14.1. The van der Waals surface area contributed by atoms with Gasteiger partial charge in [-0.2, -0.15) is 0 Å². The zero-order valence-electron chi connectivity index (χ0n) is 11.7. The van der Waals surface area contributed by atoms with Gasteiger partial charge in [-0.3, -0.25) is 4.79 Å². The van der Waals surface area contributed by atoms with Crippen molar-refractivity contribution in [3.8, 4) is 0 Å². The minimum atomic E-state index is 0. The van der Waals surface area contributed by atoms with E-state index in [0.717, 1.165) is 40.8 Å². The van der Waals surface area contributed by atoms with Crippen molar-refractivity contribution >= 4 is 40.9 Å². The number of carbonyl (C=O) groups excluding carboxylic acids is 1. The molecule has 0 bridgehead atoms. The van der Waals surface area contributed by atoms with Crippen LogP contribution in [0.4, 0.5) is 0 Å². The van der Waals surface area contributed by atoms with Crippen LogP contribution in [-0.4, -0.2) is 25.5 Å². The Morgan fingerprint density at radius 2 is 2.30 bits per heavy atom. The van der Waals surface area contributed by atoms with Gasteiger partial charge in [-0.05, 0) is 79.4 Å². The molecule has 1 aromatic rings. The molecule has 5 heteroatoms. The lowest BCUT2D eigenvalue weighted by Gasteiger charge is -2.22. The van der Waals surface area contributed by atoms with Crippen LogP contribution in [0.1, 0.15) is 35.2 Å². The minimum Gasteiger partial charge on any atom is -0.352 e. The summed E-state index contributed by atoms with van der Waals surface area (Å²) in [5.41, 5.74) is 1.95. The quantitative estimate of drug-likeness (QED) is 0.752. The molecule has 1 amide bonds. The molecule has 1 unspecified atom stereocenters. The van der Waals surface area contributed by atoms with Gasteiger partial charge in [-0.25, -0.2) is 0 Å². The van der Waals surface area contributed by atoms with Crippen LogP contribution in [0.25, 0.3) is 0 Å². The van der Waals surface area contributed by atoms with Gasteiger partial charge in [0.2, 0.25) is 0 Å². The van der Waals surface area contributed by atoms with Crippen molar-refractivity contribution in [3.63, 3.8) is 0 Å². The summed E-state index contributed by atoms with van der Waals surface area (Å²) in [6, 6.07) is 5.87. The van der Waals surface area contributed by atoms with E-state index in [1.807, 2.05) is 25.1 Å². The second-order valence-electron chi connectivity index (χ2n) is 5.19. The zero-order valence-corrected chi connectivity index (χ0v) is 14.7. The lowest BCUT2D eigenvalue weighted by Crippen LogP contribution is -2.33. The lowest BCUT2D eigenvalue weighted by atomic mass is 9.96. The molecule has 1 saturated heterocycles. The molecule has 0 radical (unpaired) electrons. The Morgan fingerprint density at radius 1 is 1.50 bits per heavy atom. The Bertz CT molecular complexity index is 447. The number of hydrogen-bond acceptors (Lipinski definition) is 2. The van der Waals surface area contributed by atoms with Crippen molar-refractivity contribution < 1.29 is 4.79 Å². The maximum atomic E-state index is 12.1. The Labute approximate surface area is 140 Å². The van der Waals surface area contributed by atoms with Crippen LogP contribution < -0.4 is 10.6 Å². The van der Waals surface area contributed by atoms with Gasteiger partial charge in [0.15, 0.2) is 0 Å². The van der Waals surface area contributed by atoms with Crippen LogP contribution in [0.5, 0.6) is 0 Å². The highest BCUT2D eigenvalue weighted by Gasteiger charge is 2.14. The van der Waals surface area contributed by atoms with E-state index in [0.29, 0.717) is 5.92 Å². The molecule has 0 aromatic heterocycles. The van der Waals surface area contributed by atoms with Crippen molar-refractivity contribution in [2.24, 2.45) is 5.92 Å². The highest BCUT2D eigenvalue weighted by Crippen LogP contribution is 2.17. The molecule has 2 rings (SSSR count). The van der Waals surface area contributed by atoms with Crippen LogP contribution in [0.3, 0.4) is 0 Å². The normalized spacial score (nSPS) is 18.2. The molecule has 1 heterocycles. The molecular weight excluding hydrogens is 387 g/mol. The predicted octanol–water partition coefficient (Wildman–Crippen LogP) is 3.14.